The molecule has 1 aromatic carbocycles. The van der Waals surface area contributed by atoms with Gasteiger partial charge in [0.25, 0.3) is 11.8 Å². The summed E-state index contributed by atoms with van der Waals surface area (Å²) in [6, 6.07) is 3.06. The first kappa shape index (κ1) is 25.9. The van der Waals surface area contributed by atoms with E-state index in [1.165, 1.54) is 20.1 Å². The Hall–Kier alpha value is -3.76. The lowest BCUT2D eigenvalue weighted by Crippen LogP contribution is -2.29. The van der Waals surface area contributed by atoms with Gasteiger partial charge in [-0.3, -0.25) is 9.36 Å². The second kappa shape index (κ2) is 8.17. The predicted octanol–water partition coefficient (Wildman–Crippen LogP) is 2.97. The van der Waals surface area contributed by atoms with Gasteiger partial charge in [0.05, 0.1) is 12.8 Å². The maximum absolute atomic E-state index is 13.7. The standard InChI is InChI=1S/C18H15F6N5O5S/c1-6-4-5-8(33-3)7(2)11(6)29-13(25)9(14(26)30)10-15(29)28-12(17(19,20)21)16(27-10)34-35(31,32)18(22,23)24/h4-5H,25H2,1-3H3,(H2,26,30). The van der Waals surface area contributed by atoms with Crippen LogP contribution in [0.1, 0.15) is 27.2 Å². The molecule has 4 N–H and O–H groups in total. The Morgan fingerprint density at radius 2 is 1.69 bits per heavy atom. The zero-order chi connectivity index (χ0) is 26.7. The number of fused-ring (bicyclic) bond motifs is 1. The highest BCUT2D eigenvalue weighted by Gasteiger charge is 2.51. The van der Waals surface area contributed by atoms with Gasteiger partial charge in [0.2, 0.25) is 5.69 Å². The molecular formula is C18H15F6N5O5S. The van der Waals surface area contributed by atoms with E-state index in [9.17, 15) is 39.6 Å². The van der Waals surface area contributed by atoms with Crippen molar-refractivity contribution in [3.8, 4) is 17.3 Å². The lowest BCUT2D eigenvalue weighted by molar-refractivity contribution is -0.142. The normalized spacial score (nSPS) is 12.7. The number of primary amides is 1. The first-order chi connectivity index (χ1) is 15.9. The maximum atomic E-state index is 13.7. The molecular weight excluding hydrogens is 512 g/mol. The van der Waals surface area contributed by atoms with E-state index in [-0.39, 0.29) is 11.4 Å². The van der Waals surface area contributed by atoms with Crippen LogP contribution in [0.5, 0.6) is 11.6 Å². The van der Waals surface area contributed by atoms with Crippen LogP contribution < -0.4 is 20.4 Å². The van der Waals surface area contributed by atoms with Crippen molar-refractivity contribution >= 4 is 33.0 Å². The first-order valence-corrected chi connectivity index (χ1v) is 10.6. The molecule has 35 heavy (non-hydrogen) atoms. The van der Waals surface area contributed by atoms with Crippen molar-refractivity contribution in [2.45, 2.75) is 25.5 Å². The summed E-state index contributed by atoms with van der Waals surface area (Å²) in [5.74, 6) is -3.69. The number of methoxy groups -OCH3 is 1. The van der Waals surface area contributed by atoms with Crippen LogP contribution in [0.4, 0.5) is 32.2 Å². The molecule has 0 atom stereocenters. The van der Waals surface area contributed by atoms with Crippen LogP contribution in [0, 0.1) is 13.8 Å². The molecule has 3 aromatic rings. The number of nitrogens with zero attached hydrogens (tertiary/aromatic N) is 3. The number of alkyl halides is 6. The summed E-state index contributed by atoms with van der Waals surface area (Å²) < 4.78 is 112. The summed E-state index contributed by atoms with van der Waals surface area (Å²) in [5.41, 5.74) is 1.56. The predicted molar refractivity (Wildman–Crippen MR) is 108 cm³/mol. The number of nitrogens with two attached hydrogens (primary N) is 2. The van der Waals surface area contributed by atoms with Crippen LogP contribution in [-0.2, 0) is 16.3 Å². The van der Waals surface area contributed by atoms with Crippen molar-refractivity contribution in [3.63, 3.8) is 0 Å². The Morgan fingerprint density at radius 3 is 2.17 bits per heavy atom. The fourth-order valence-electron chi connectivity index (χ4n) is 3.33. The Bertz CT molecular complexity index is 1460. The number of carbonyl (C=O) groups excluding carboxylic acids is 1. The van der Waals surface area contributed by atoms with E-state index in [1.54, 1.807) is 13.0 Å². The van der Waals surface area contributed by atoms with Crippen LogP contribution in [-0.4, -0.2) is 41.5 Å². The van der Waals surface area contributed by atoms with Gasteiger partial charge >= 0.3 is 21.8 Å². The third-order valence-electron chi connectivity index (χ3n) is 4.80. The third kappa shape index (κ3) is 4.26. The fourth-order valence-corrected chi connectivity index (χ4v) is 3.75. The largest absolute Gasteiger partial charge is 0.534 e. The summed E-state index contributed by atoms with van der Waals surface area (Å²) in [6.45, 7) is 3.06. The van der Waals surface area contributed by atoms with Gasteiger partial charge in [-0.25, -0.2) is 9.97 Å². The highest BCUT2D eigenvalue weighted by Crippen LogP contribution is 2.41. The number of rotatable bonds is 5. The second-order valence-electron chi connectivity index (χ2n) is 7.05. The average molecular weight is 527 g/mol. The number of hydrogen-bond donors (Lipinski definition) is 2. The molecule has 10 nitrogen and oxygen atoms in total. The number of ether oxygens (including phenoxy) is 1. The van der Waals surface area contributed by atoms with Crippen LogP contribution in [0.2, 0.25) is 0 Å². The number of halogens is 6. The lowest BCUT2D eigenvalue weighted by atomic mass is 10.1. The molecule has 17 heteroatoms. The van der Waals surface area contributed by atoms with Crippen LogP contribution in [0.25, 0.3) is 16.9 Å². The molecule has 0 spiro atoms. The Labute approximate surface area is 192 Å². The number of benzene rings is 1. The SMILES string of the molecule is COc1ccc(C)c(-n2c(N)c(C(N)=O)c3nc(OS(=O)(=O)C(F)(F)F)c(C(F)(F)F)nc32)c1C. The lowest BCUT2D eigenvalue weighted by Gasteiger charge is -2.17. The molecule has 0 fully saturated rings. The topological polar surface area (TPSA) is 152 Å². The van der Waals surface area contributed by atoms with Gasteiger partial charge in [-0.2, -0.15) is 34.8 Å². The minimum atomic E-state index is -6.59. The van der Waals surface area contributed by atoms with Crippen LogP contribution in [0.3, 0.4) is 0 Å². The maximum Gasteiger partial charge on any atom is 0.534 e. The smallest absolute Gasteiger partial charge is 0.496 e. The Kier molecular flexibility index (Phi) is 6.04. The Balaban J connectivity index is 2.52. The molecule has 0 bridgehead atoms. The van der Waals surface area contributed by atoms with E-state index in [0.29, 0.717) is 11.1 Å². The molecule has 1 amide bonds. The van der Waals surface area contributed by atoms with Crippen molar-refractivity contribution in [1.82, 2.24) is 14.5 Å². The van der Waals surface area contributed by atoms with Gasteiger partial charge in [0.15, 0.2) is 5.65 Å². The quantitative estimate of drug-likeness (QED) is 0.292. The minimum Gasteiger partial charge on any atom is -0.496 e. The summed E-state index contributed by atoms with van der Waals surface area (Å²) in [7, 11) is -5.27. The second-order valence-corrected chi connectivity index (χ2v) is 8.59. The number of aromatic nitrogens is 3. The van der Waals surface area contributed by atoms with Crippen molar-refractivity contribution in [1.29, 1.82) is 0 Å². The zero-order valence-corrected chi connectivity index (χ0v) is 18.7. The molecule has 0 saturated heterocycles. The molecule has 0 saturated carbocycles. The Morgan fingerprint density at radius 1 is 1.09 bits per heavy atom. The van der Waals surface area contributed by atoms with Gasteiger partial charge in [-0.15, -0.1) is 0 Å². The summed E-state index contributed by atoms with van der Waals surface area (Å²) >= 11 is 0. The zero-order valence-electron chi connectivity index (χ0n) is 17.9. The number of nitrogen functional groups attached to an aromatic ring is 1. The van der Waals surface area contributed by atoms with Crippen molar-refractivity contribution in [3.05, 3.63) is 34.5 Å². The number of anilines is 1. The fraction of sp³-hybridized carbons (Fsp3) is 0.278. The number of carbonyl (C=O) groups is 1. The third-order valence-corrected chi connectivity index (χ3v) is 5.75. The van der Waals surface area contributed by atoms with E-state index in [4.69, 9.17) is 16.2 Å². The van der Waals surface area contributed by atoms with E-state index >= 15 is 0 Å². The van der Waals surface area contributed by atoms with Gasteiger partial charge in [0, 0.05) is 5.56 Å². The molecule has 0 radical (unpaired) electrons. The summed E-state index contributed by atoms with van der Waals surface area (Å²) in [5, 5.41) is 0. The number of amides is 1. The molecule has 0 aliphatic rings. The van der Waals surface area contributed by atoms with Gasteiger partial charge < -0.3 is 20.4 Å². The van der Waals surface area contributed by atoms with Crippen LogP contribution in [0.15, 0.2) is 12.1 Å². The van der Waals surface area contributed by atoms with Crippen molar-refractivity contribution in [2.75, 3.05) is 12.8 Å². The monoisotopic (exact) mass is 527 g/mol. The number of aryl methyl sites for hydroxylation is 1. The first-order valence-electron chi connectivity index (χ1n) is 9.16. The summed E-state index contributed by atoms with van der Waals surface area (Å²) in [6.07, 6.45) is -5.53. The summed E-state index contributed by atoms with van der Waals surface area (Å²) in [4.78, 5) is 18.6. The molecule has 190 valence electrons. The molecule has 3 rings (SSSR count). The van der Waals surface area contributed by atoms with E-state index in [1.807, 2.05) is 0 Å². The van der Waals surface area contributed by atoms with Gasteiger partial charge in [-0.05, 0) is 25.5 Å². The highest BCUT2D eigenvalue weighted by molar-refractivity contribution is 7.87. The molecule has 0 aliphatic heterocycles. The molecule has 0 aliphatic carbocycles. The average Bonchev–Trinajstić information content (AvgIpc) is 2.97. The molecule has 2 aromatic heterocycles. The van der Waals surface area contributed by atoms with Gasteiger partial charge in [0.1, 0.15) is 22.6 Å². The van der Waals surface area contributed by atoms with Gasteiger partial charge in [-0.1, -0.05) is 6.07 Å². The molecule has 2 heterocycles. The van der Waals surface area contributed by atoms with E-state index in [0.717, 1.165) is 4.57 Å². The van der Waals surface area contributed by atoms with E-state index in [2.05, 4.69) is 14.2 Å². The highest BCUT2D eigenvalue weighted by atomic mass is 32.2. The van der Waals surface area contributed by atoms with Crippen LogP contribution >= 0.6 is 0 Å². The van der Waals surface area contributed by atoms with E-state index < -0.39 is 61.8 Å². The number of hydrogen-bond acceptors (Lipinski definition) is 8. The molecule has 0 unspecified atom stereocenters. The van der Waals surface area contributed by atoms with Crippen molar-refractivity contribution < 1.29 is 48.5 Å². The minimum absolute atomic E-state index is 0.110. The van der Waals surface area contributed by atoms with Crippen molar-refractivity contribution in [2.24, 2.45) is 5.73 Å².